The molecule has 0 aliphatic heterocycles. The largest absolute Gasteiger partial charge is 0.399 e. The molecule has 0 atom stereocenters. The summed E-state index contributed by atoms with van der Waals surface area (Å²) in [6, 6.07) is 14.2. The van der Waals surface area contributed by atoms with Crippen LogP contribution in [-0.4, -0.2) is 11.5 Å². The molecule has 2 aromatic rings. The maximum absolute atomic E-state index is 6.13. The zero-order chi connectivity index (χ0) is 13.7. The Balaban J connectivity index is 1.80. The fourth-order valence-electron chi connectivity index (χ4n) is 1.58. The normalized spacial score (nSPS) is 10.6. The zero-order valence-electron chi connectivity index (χ0n) is 10.7. The highest BCUT2D eigenvalue weighted by Gasteiger charge is 2.02. The first-order valence-corrected chi connectivity index (χ1v) is 8.37. The fourth-order valence-corrected chi connectivity index (χ4v) is 3.73. The molecular formula is C15H16ClNS2. The van der Waals surface area contributed by atoms with Crippen LogP contribution in [0.3, 0.4) is 0 Å². The molecule has 2 N–H and O–H groups in total. The molecule has 0 heterocycles. The number of aryl methyl sites for hydroxylation is 1. The van der Waals surface area contributed by atoms with E-state index in [1.165, 1.54) is 10.5 Å². The lowest BCUT2D eigenvalue weighted by Crippen LogP contribution is -1.88. The van der Waals surface area contributed by atoms with Gasteiger partial charge in [-0.05, 0) is 37.3 Å². The molecule has 2 aromatic carbocycles. The van der Waals surface area contributed by atoms with Crippen LogP contribution in [0, 0.1) is 6.92 Å². The number of hydrogen-bond donors (Lipinski definition) is 1. The van der Waals surface area contributed by atoms with Crippen LogP contribution in [0.15, 0.2) is 52.3 Å². The van der Waals surface area contributed by atoms with Gasteiger partial charge in [-0.2, -0.15) is 0 Å². The van der Waals surface area contributed by atoms with E-state index in [-0.39, 0.29) is 0 Å². The van der Waals surface area contributed by atoms with Crippen LogP contribution in [0.5, 0.6) is 0 Å². The highest BCUT2D eigenvalue weighted by atomic mass is 35.5. The van der Waals surface area contributed by atoms with Gasteiger partial charge in [0.25, 0.3) is 0 Å². The third-order valence-corrected chi connectivity index (χ3v) is 5.36. The van der Waals surface area contributed by atoms with Crippen LogP contribution in [0.2, 0.25) is 5.02 Å². The quantitative estimate of drug-likeness (QED) is 0.472. The maximum atomic E-state index is 6.13. The summed E-state index contributed by atoms with van der Waals surface area (Å²) in [5, 5.41) is 0.777. The van der Waals surface area contributed by atoms with Crippen molar-refractivity contribution in [1.29, 1.82) is 0 Å². The lowest BCUT2D eigenvalue weighted by atomic mass is 10.2. The van der Waals surface area contributed by atoms with E-state index in [0.717, 1.165) is 27.1 Å². The number of nitrogen functional groups attached to an aromatic ring is 1. The third-order valence-electron chi connectivity index (χ3n) is 2.59. The Morgan fingerprint density at radius 3 is 2.42 bits per heavy atom. The molecule has 0 aliphatic carbocycles. The minimum Gasteiger partial charge on any atom is -0.399 e. The van der Waals surface area contributed by atoms with Crippen LogP contribution < -0.4 is 5.73 Å². The van der Waals surface area contributed by atoms with Crippen molar-refractivity contribution in [3.05, 3.63) is 53.1 Å². The van der Waals surface area contributed by atoms with Gasteiger partial charge in [-0.15, -0.1) is 23.5 Å². The minimum absolute atomic E-state index is 0.762. The number of benzene rings is 2. The first-order chi connectivity index (χ1) is 9.15. The van der Waals surface area contributed by atoms with Crippen molar-refractivity contribution >= 4 is 40.8 Å². The summed E-state index contributed by atoms with van der Waals surface area (Å²) in [6.45, 7) is 2.10. The summed E-state index contributed by atoms with van der Waals surface area (Å²) in [5.41, 5.74) is 7.82. The predicted octanol–water partition coefficient (Wildman–Crippen LogP) is 5.12. The van der Waals surface area contributed by atoms with Crippen molar-refractivity contribution < 1.29 is 0 Å². The predicted molar refractivity (Wildman–Crippen MR) is 88.5 cm³/mol. The van der Waals surface area contributed by atoms with Gasteiger partial charge in [-0.1, -0.05) is 29.3 Å². The van der Waals surface area contributed by atoms with E-state index >= 15 is 0 Å². The van der Waals surface area contributed by atoms with Crippen molar-refractivity contribution in [2.45, 2.75) is 16.7 Å². The summed E-state index contributed by atoms with van der Waals surface area (Å²) < 4.78 is 0. The molecular weight excluding hydrogens is 294 g/mol. The van der Waals surface area contributed by atoms with Gasteiger partial charge >= 0.3 is 0 Å². The second-order valence-corrected chi connectivity index (χ2v) is 6.91. The van der Waals surface area contributed by atoms with Crippen molar-refractivity contribution in [1.82, 2.24) is 0 Å². The zero-order valence-corrected chi connectivity index (χ0v) is 13.1. The van der Waals surface area contributed by atoms with Crippen LogP contribution >= 0.6 is 35.1 Å². The Kier molecular flexibility index (Phi) is 5.49. The lowest BCUT2D eigenvalue weighted by molar-refractivity contribution is 1.37. The fraction of sp³-hybridized carbons (Fsp3) is 0.200. The smallest absolute Gasteiger partial charge is 0.0543 e. The molecule has 0 amide bonds. The van der Waals surface area contributed by atoms with Crippen molar-refractivity contribution in [2.24, 2.45) is 0 Å². The maximum Gasteiger partial charge on any atom is 0.0543 e. The molecule has 0 saturated carbocycles. The van der Waals surface area contributed by atoms with Gasteiger partial charge < -0.3 is 5.73 Å². The monoisotopic (exact) mass is 309 g/mol. The van der Waals surface area contributed by atoms with Crippen molar-refractivity contribution in [3.8, 4) is 0 Å². The van der Waals surface area contributed by atoms with Gasteiger partial charge in [0.15, 0.2) is 0 Å². The second-order valence-electron chi connectivity index (χ2n) is 4.20. The second kappa shape index (κ2) is 7.13. The molecule has 0 saturated heterocycles. The molecule has 0 unspecified atom stereocenters. The molecule has 19 heavy (non-hydrogen) atoms. The topological polar surface area (TPSA) is 26.0 Å². The highest BCUT2D eigenvalue weighted by molar-refractivity contribution is 8.03. The van der Waals surface area contributed by atoms with E-state index in [4.69, 9.17) is 17.3 Å². The van der Waals surface area contributed by atoms with Gasteiger partial charge in [-0.3, -0.25) is 0 Å². The molecule has 0 aliphatic rings. The SMILES string of the molecule is Cc1ccc(SCCSc2cc(N)ccc2Cl)cc1. The molecule has 0 aromatic heterocycles. The number of thioether (sulfide) groups is 2. The summed E-state index contributed by atoms with van der Waals surface area (Å²) in [6.07, 6.45) is 0. The highest BCUT2D eigenvalue weighted by Crippen LogP contribution is 2.30. The molecule has 4 heteroatoms. The minimum atomic E-state index is 0.762. The molecule has 0 spiro atoms. The average molecular weight is 310 g/mol. The average Bonchev–Trinajstić information content (AvgIpc) is 2.40. The van der Waals surface area contributed by atoms with Crippen LogP contribution in [0.1, 0.15) is 5.56 Å². The number of halogens is 1. The molecule has 0 bridgehead atoms. The Hall–Kier alpha value is -0.770. The lowest BCUT2D eigenvalue weighted by Gasteiger charge is -2.05. The Morgan fingerprint density at radius 2 is 1.68 bits per heavy atom. The van der Waals surface area contributed by atoms with E-state index < -0.39 is 0 Å². The van der Waals surface area contributed by atoms with Gasteiger partial charge in [0.1, 0.15) is 0 Å². The van der Waals surface area contributed by atoms with E-state index in [0.29, 0.717) is 0 Å². The Bertz CT molecular complexity index is 540. The van der Waals surface area contributed by atoms with E-state index in [1.807, 2.05) is 30.0 Å². The van der Waals surface area contributed by atoms with E-state index in [1.54, 1.807) is 11.8 Å². The van der Waals surface area contributed by atoms with Crippen molar-refractivity contribution in [3.63, 3.8) is 0 Å². The van der Waals surface area contributed by atoms with Crippen molar-refractivity contribution in [2.75, 3.05) is 17.2 Å². The van der Waals surface area contributed by atoms with Crippen LogP contribution in [0.25, 0.3) is 0 Å². The Morgan fingerprint density at radius 1 is 1.00 bits per heavy atom. The van der Waals surface area contributed by atoms with Gasteiger partial charge in [-0.25, -0.2) is 0 Å². The number of rotatable bonds is 5. The first-order valence-electron chi connectivity index (χ1n) is 6.02. The molecule has 0 fully saturated rings. The summed E-state index contributed by atoms with van der Waals surface area (Å²) in [7, 11) is 0. The molecule has 2 rings (SSSR count). The van der Waals surface area contributed by atoms with E-state index in [2.05, 4.69) is 31.2 Å². The first kappa shape index (κ1) is 14.6. The summed E-state index contributed by atoms with van der Waals surface area (Å²) >= 11 is 9.74. The molecule has 0 radical (unpaired) electrons. The Labute approximate surface area is 127 Å². The van der Waals surface area contributed by atoms with Gasteiger partial charge in [0.05, 0.1) is 5.02 Å². The van der Waals surface area contributed by atoms with Gasteiger partial charge in [0.2, 0.25) is 0 Å². The summed E-state index contributed by atoms with van der Waals surface area (Å²) in [4.78, 5) is 2.37. The standard InChI is InChI=1S/C15H16ClNS2/c1-11-2-5-13(6-3-11)18-8-9-19-15-10-12(17)4-7-14(15)16/h2-7,10H,8-9,17H2,1H3. The van der Waals surface area contributed by atoms with Crippen LogP contribution in [-0.2, 0) is 0 Å². The molecule has 100 valence electrons. The number of hydrogen-bond acceptors (Lipinski definition) is 3. The summed E-state index contributed by atoms with van der Waals surface area (Å²) in [5.74, 6) is 2.07. The molecule has 1 nitrogen and oxygen atoms in total. The third kappa shape index (κ3) is 4.68. The number of nitrogens with two attached hydrogens (primary N) is 1. The van der Waals surface area contributed by atoms with Gasteiger partial charge in [0, 0.05) is 27.0 Å². The van der Waals surface area contributed by atoms with Crippen LogP contribution in [0.4, 0.5) is 5.69 Å². The number of anilines is 1. The van der Waals surface area contributed by atoms with E-state index in [9.17, 15) is 0 Å².